The lowest BCUT2D eigenvalue weighted by atomic mass is 9.98. The molecule has 3 fully saturated rings. The Kier molecular flexibility index (Phi) is 15.1. The highest BCUT2D eigenvalue weighted by Gasteiger charge is 2.33. The minimum atomic E-state index is -1.30. The third kappa shape index (κ3) is 11.2. The number of rotatable bonds is 11. The monoisotopic (exact) mass is 613 g/mol. The normalized spacial score (nSPS) is 17.8. The number of benzene rings is 1. The molecule has 1 unspecified atom stereocenters. The van der Waals surface area contributed by atoms with E-state index in [0.717, 1.165) is 41.0 Å². The van der Waals surface area contributed by atoms with Gasteiger partial charge in [0.2, 0.25) is 5.91 Å². The summed E-state index contributed by atoms with van der Waals surface area (Å²) >= 11 is 0. The molecule has 5 rings (SSSR count). The van der Waals surface area contributed by atoms with Gasteiger partial charge in [-0.1, -0.05) is 89.2 Å². The number of aromatic amines is 1. The van der Waals surface area contributed by atoms with E-state index in [4.69, 9.17) is 14.9 Å². The van der Waals surface area contributed by atoms with E-state index in [0.29, 0.717) is 26.0 Å². The van der Waals surface area contributed by atoms with Crippen LogP contribution in [0.3, 0.4) is 0 Å². The van der Waals surface area contributed by atoms with Gasteiger partial charge in [0, 0.05) is 11.9 Å². The molecular formula is C34H51N3O7. The van der Waals surface area contributed by atoms with Gasteiger partial charge in [0.1, 0.15) is 18.3 Å². The second-order valence-electron chi connectivity index (χ2n) is 12.0. The molecule has 2 aliphatic carbocycles. The van der Waals surface area contributed by atoms with Gasteiger partial charge in [0.25, 0.3) is 5.56 Å². The Bertz CT molecular complexity index is 1240. The molecule has 10 nitrogen and oxygen atoms in total. The fourth-order valence-corrected chi connectivity index (χ4v) is 6.46. The molecule has 2 amide bonds. The number of aromatic nitrogens is 1. The number of pyridine rings is 1. The number of para-hydroxylation sites is 1. The first-order chi connectivity index (χ1) is 21.3. The van der Waals surface area contributed by atoms with Gasteiger partial charge in [0.05, 0.1) is 17.7 Å². The number of fused-ring (bicyclic) bond motifs is 1. The molecule has 0 bridgehead atoms. The van der Waals surface area contributed by atoms with Crippen LogP contribution in [0.15, 0.2) is 29.1 Å². The van der Waals surface area contributed by atoms with Crippen LogP contribution in [0.5, 0.6) is 5.75 Å². The fourth-order valence-electron chi connectivity index (χ4n) is 6.46. The molecule has 1 aromatic heterocycles. The van der Waals surface area contributed by atoms with Crippen molar-refractivity contribution in [1.29, 1.82) is 0 Å². The Morgan fingerprint density at radius 1 is 0.932 bits per heavy atom. The van der Waals surface area contributed by atoms with Crippen LogP contribution in [0.2, 0.25) is 0 Å². The number of carboxylic acids is 1. The lowest BCUT2D eigenvalue weighted by molar-refractivity contribution is -0.147. The van der Waals surface area contributed by atoms with Crippen LogP contribution in [0.25, 0.3) is 10.9 Å². The number of unbranched alkanes of at least 4 members (excludes halogenated alkanes) is 2. The standard InChI is InChI=1S/C21H29NO2.C8H12N2O5.C5H10/c1-2-24-20-17-13-8-9-15-19(17)22-21(23)18(20)14-5-3-4-10-16-11-6-7-12-16;11-6(4-9-8(14)15)10-3-1-2-5(10)7(12)13;1-2-4-5-3-1/h8-9,13,15-16H,2-7,10-12,14H2,1H3,(H,22,23);5,9H,1-4H2,(H,12,13)(H,14,15);1-5H2. The van der Waals surface area contributed by atoms with Crippen molar-refractivity contribution in [2.45, 2.75) is 116 Å². The van der Waals surface area contributed by atoms with Gasteiger partial charge in [0.15, 0.2) is 0 Å². The zero-order valence-corrected chi connectivity index (χ0v) is 26.3. The number of nitrogens with zero attached hydrogens (tertiary/aromatic N) is 1. The van der Waals surface area contributed by atoms with Crippen LogP contribution in [0.4, 0.5) is 4.79 Å². The number of H-pyrrole nitrogens is 1. The average molecular weight is 614 g/mol. The predicted molar refractivity (Wildman–Crippen MR) is 171 cm³/mol. The molecule has 1 aromatic carbocycles. The lowest BCUT2D eigenvalue weighted by Gasteiger charge is -2.21. The number of hydrogen-bond donors (Lipinski definition) is 4. The summed E-state index contributed by atoms with van der Waals surface area (Å²) in [6.45, 7) is 2.56. The Labute approximate surface area is 260 Å². The Hall–Kier alpha value is -3.56. The van der Waals surface area contributed by atoms with Crippen LogP contribution in [-0.4, -0.2) is 63.8 Å². The second-order valence-corrected chi connectivity index (χ2v) is 12.0. The molecule has 1 saturated heterocycles. The summed E-state index contributed by atoms with van der Waals surface area (Å²) in [5, 5.41) is 20.0. The summed E-state index contributed by atoms with van der Waals surface area (Å²) in [6.07, 6.45) is 18.7. The van der Waals surface area contributed by atoms with Crippen molar-refractivity contribution in [1.82, 2.24) is 15.2 Å². The van der Waals surface area contributed by atoms with E-state index in [1.54, 1.807) is 0 Å². The number of amides is 2. The van der Waals surface area contributed by atoms with E-state index < -0.39 is 24.0 Å². The van der Waals surface area contributed by atoms with E-state index in [1.165, 1.54) is 81.9 Å². The summed E-state index contributed by atoms with van der Waals surface area (Å²) in [5.41, 5.74) is 1.68. The predicted octanol–water partition coefficient (Wildman–Crippen LogP) is 6.50. The molecule has 1 aliphatic heterocycles. The third-order valence-electron chi connectivity index (χ3n) is 8.77. The largest absolute Gasteiger partial charge is 0.493 e. The van der Waals surface area contributed by atoms with Crippen LogP contribution in [0, 0.1) is 5.92 Å². The number of hydrogen-bond acceptors (Lipinski definition) is 5. The highest BCUT2D eigenvalue weighted by Crippen LogP contribution is 2.30. The number of ether oxygens (including phenoxy) is 1. The first kappa shape index (κ1) is 34.9. The van der Waals surface area contributed by atoms with Crippen molar-refractivity contribution in [2.24, 2.45) is 5.92 Å². The van der Waals surface area contributed by atoms with Gasteiger partial charge in [-0.2, -0.15) is 0 Å². The summed E-state index contributed by atoms with van der Waals surface area (Å²) in [6, 6.07) is 7.09. The molecule has 2 aromatic rings. The topological polar surface area (TPSA) is 149 Å². The van der Waals surface area contributed by atoms with Gasteiger partial charge < -0.3 is 30.2 Å². The number of carboxylic acid groups (broad SMARTS) is 2. The zero-order valence-electron chi connectivity index (χ0n) is 26.3. The number of carbonyl (C=O) groups is 3. The van der Waals surface area contributed by atoms with E-state index >= 15 is 0 Å². The van der Waals surface area contributed by atoms with Crippen molar-refractivity contribution in [3.8, 4) is 5.75 Å². The van der Waals surface area contributed by atoms with E-state index in [2.05, 4.69) is 4.98 Å². The molecule has 0 radical (unpaired) electrons. The van der Waals surface area contributed by atoms with Crippen molar-refractivity contribution >= 4 is 28.9 Å². The lowest BCUT2D eigenvalue weighted by Crippen LogP contribution is -2.45. The summed E-state index contributed by atoms with van der Waals surface area (Å²) in [5.74, 6) is 0.208. The summed E-state index contributed by atoms with van der Waals surface area (Å²) in [4.78, 5) is 48.9. The van der Waals surface area contributed by atoms with Crippen LogP contribution in [0.1, 0.15) is 109 Å². The first-order valence-electron chi connectivity index (χ1n) is 16.6. The third-order valence-corrected chi connectivity index (χ3v) is 8.77. The quantitative estimate of drug-likeness (QED) is 0.211. The Balaban J connectivity index is 0.000000224. The van der Waals surface area contributed by atoms with Crippen molar-refractivity contribution < 1.29 is 29.3 Å². The minimum absolute atomic E-state index is 0.00735. The highest BCUT2D eigenvalue weighted by atomic mass is 16.5. The van der Waals surface area contributed by atoms with E-state index in [1.807, 2.05) is 36.5 Å². The maximum absolute atomic E-state index is 12.5. The van der Waals surface area contributed by atoms with Crippen molar-refractivity contribution in [2.75, 3.05) is 19.7 Å². The smallest absolute Gasteiger partial charge is 0.405 e. The fraction of sp³-hybridized carbons (Fsp3) is 0.647. The highest BCUT2D eigenvalue weighted by molar-refractivity contribution is 5.87. The van der Waals surface area contributed by atoms with E-state index in [9.17, 15) is 19.2 Å². The minimum Gasteiger partial charge on any atom is -0.493 e. The van der Waals surface area contributed by atoms with Crippen molar-refractivity contribution in [3.63, 3.8) is 0 Å². The van der Waals surface area contributed by atoms with E-state index in [-0.39, 0.29) is 12.1 Å². The number of likely N-dealkylation sites (tertiary alicyclic amines) is 1. The molecule has 2 heterocycles. The second kappa shape index (κ2) is 19.0. The van der Waals surface area contributed by atoms with Crippen LogP contribution >= 0.6 is 0 Å². The molecule has 1 atom stereocenters. The number of nitrogens with one attached hydrogen (secondary N) is 2. The molecule has 3 aliphatic rings. The SMILES string of the molecule is C1CCCC1.CCOc1c(CCCCCC2CCCC2)c(=O)[nH]c2ccccc12.O=C(O)NCC(=O)N1CCCC1C(=O)O. The maximum atomic E-state index is 12.5. The first-order valence-corrected chi connectivity index (χ1v) is 16.6. The van der Waals surface area contributed by atoms with Gasteiger partial charge in [-0.05, 0) is 50.7 Å². The molecule has 2 saturated carbocycles. The average Bonchev–Trinajstić information content (AvgIpc) is 3.82. The van der Waals surface area contributed by atoms with Gasteiger partial charge in [-0.3, -0.25) is 9.59 Å². The molecule has 244 valence electrons. The Morgan fingerprint density at radius 2 is 1.61 bits per heavy atom. The Morgan fingerprint density at radius 3 is 2.25 bits per heavy atom. The molecule has 44 heavy (non-hydrogen) atoms. The molecule has 4 N–H and O–H groups in total. The number of aliphatic carboxylic acids is 1. The summed E-state index contributed by atoms with van der Waals surface area (Å²) in [7, 11) is 0. The van der Waals surface area contributed by atoms with Gasteiger partial charge in [-0.15, -0.1) is 0 Å². The van der Waals surface area contributed by atoms with Gasteiger partial charge in [-0.25, -0.2) is 9.59 Å². The molecular weight excluding hydrogens is 562 g/mol. The van der Waals surface area contributed by atoms with Gasteiger partial charge >= 0.3 is 12.1 Å². The summed E-state index contributed by atoms with van der Waals surface area (Å²) < 4.78 is 5.85. The van der Waals surface area contributed by atoms with Crippen LogP contribution in [-0.2, 0) is 16.0 Å². The number of carbonyl (C=O) groups excluding carboxylic acids is 1. The van der Waals surface area contributed by atoms with Crippen LogP contribution < -0.4 is 15.6 Å². The zero-order chi connectivity index (χ0) is 31.7. The molecule has 10 heteroatoms. The maximum Gasteiger partial charge on any atom is 0.405 e. The molecule has 0 spiro atoms. The van der Waals surface area contributed by atoms with Crippen molar-refractivity contribution in [3.05, 3.63) is 40.2 Å².